The summed E-state index contributed by atoms with van der Waals surface area (Å²) in [6.07, 6.45) is 0. The molecule has 20 heavy (non-hydrogen) atoms. The molecule has 0 fully saturated rings. The molecule has 0 spiro atoms. The first kappa shape index (κ1) is 14.6. The Bertz CT molecular complexity index is 581. The molecule has 0 aliphatic rings. The van der Waals surface area contributed by atoms with Crippen molar-refractivity contribution in [2.24, 2.45) is 0 Å². The standard InChI is InChI=1S/C16H17BrN2O/c1-2-18-16(20)13-4-3-5-15(10-13)19-11-12-6-8-14(17)9-7-12/h3-10,19H,2,11H2,1H3,(H,18,20). The van der Waals surface area contributed by atoms with Crippen LogP contribution in [0.25, 0.3) is 0 Å². The van der Waals surface area contributed by atoms with Crippen LogP contribution >= 0.6 is 15.9 Å². The molecule has 4 heteroatoms. The molecular formula is C16H17BrN2O. The van der Waals surface area contributed by atoms with E-state index in [2.05, 4.69) is 38.7 Å². The van der Waals surface area contributed by atoms with E-state index in [0.717, 1.165) is 16.7 Å². The van der Waals surface area contributed by atoms with Gasteiger partial charge in [-0.25, -0.2) is 0 Å². The van der Waals surface area contributed by atoms with Gasteiger partial charge in [-0.3, -0.25) is 4.79 Å². The van der Waals surface area contributed by atoms with Gasteiger partial charge >= 0.3 is 0 Å². The van der Waals surface area contributed by atoms with E-state index >= 15 is 0 Å². The Morgan fingerprint density at radius 3 is 2.60 bits per heavy atom. The highest BCUT2D eigenvalue weighted by Crippen LogP contribution is 2.14. The van der Waals surface area contributed by atoms with Gasteiger partial charge < -0.3 is 10.6 Å². The van der Waals surface area contributed by atoms with Crippen LogP contribution in [0.2, 0.25) is 0 Å². The van der Waals surface area contributed by atoms with Crippen molar-refractivity contribution in [3.8, 4) is 0 Å². The van der Waals surface area contributed by atoms with Crippen molar-refractivity contribution in [1.82, 2.24) is 5.32 Å². The number of carbonyl (C=O) groups excluding carboxylic acids is 1. The molecule has 2 rings (SSSR count). The number of halogens is 1. The molecule has 0 aliphatic carbocycles. The molecule has 0 heterocycles. The van der Waals surface area contributed by atoms with E-state index in [1.165, 1.54) is 5.56 Å². The summed E-state index contributed by atoms with van der Waals surface area (Å²) in [5.74, 6) is -0.0419. The minimum Gasteiger partial charge on any atom is -0.381 e. The van der Waals surface area contributed by atoms with Crippen molar-refractivity contribution in [3.05, 3.63) is 64.1 Å². The summed E-state index contributed by atoms with van der Waals surface area (Å²) in [7, 11) is 0. The van der Waals surface area contributed by atoms with Crippen molar-refractivity contribution < 1.29 is 4.79 Å². The number of rotatable bonds is 5. The van der Waals surface area contributed by atoms with E-state index in [9.17, 15) is 4.79 Å². The Kier molecular flexibility index (Phi) is 5.18. The van der Waals surface area contributed by atoms with Gasteiger partial charge in [-0.2, -0.15) is 0 Å². The summed E-state index contributed by atoms with van der Waals surface area (Å²) in [6.45, 7) is 3.27. The average molecular weight is 333 g/mol. The molecule has 104 valence electrons. The third kappa shape index (κ3) is 4.10. The minimum absolute atomic E-state index is 0.0419. The van der Waals surface area contributed by atoms with E-state index in [1.807, 2.05) is 43.3 Å². The fraction of sp³-hybridized carbons (Fsp3) is 0.188. The highest BCUT2D eigenvalue weighted by molar-refractivity contribution is 9.10. The second kappa shape index (κ2) is 7.10. The fourth-order valence-electron chi connectivity index (χ4n) is 1.84. The zero-order valence-electron chi connectivity index (χ0n) is 11.3. The van der Waals surface area contributed by atoms with Crippen LogP contribution in [-0.4, -0.2) is 12.5 Å². The van der Waals surface area contributed by atoms with Crippen molar-refractivity contribution in [3.63, 3.8) is 0 Å². The molecule has 0 radical (unpaired) electrons. The summed E-state index contributed by atoms with van der Waals surface area (Å²) in [4.78, 5) is 11.8. The highest BCUT2D eigenvalue weighted by Gasteiger charge is 2.04. The van der Waals surface area contributed by atoms with Crippen LogP contribution in [0.1, 0.15) is 22.8 Å². The molecule has 2 aromatic carbocycles. The number of hydrogen-bond donors (Lipinski definition) is 2. The number of benzene rings is 2. The molecule has 0 bridgehead atoms. The highest BCUT2D eigenvalue weighted by atomic mass is 79.9. The monoisotopic (exact) mass is 332 g/mol. The van der Waals surface area contributed by atoms with Crippen LogP contribution in [0.15, 0.2) is 53.0 Å². The molecule has 0 aromatic heterocycles. The lowest BCUT2D eigenvalue weighted by molar-refractivity contribution is 0.0956. The molecule has 2 aromatic rings. The van der Waals surface area contributed by atoms with Gasteiger partial charge in [0.25, 0.3) is 5.91 Å². The van der Waals surface area contributed by atoms with Gasteiger partial charge in [0.15, 0.2) is 0 Å². The van der Waals surface area contributed by atoms with E-state index in [1.54, 1.807) is 0 Å². The van der Waals surface area contributed by atoms with E-state index in [-0.39, 0.29) is 5.91 Å². The first-order chi connectivity index (χ1) is 9.69. The average Bonchev–Trinajstić information content (AvgIpc) is 2.47. The Balaban J connectivity index is 2.01. The second-order valence-electron chi connectivity index (χ2n) is 4.42. The third-order valence-electron chi connectivity index (χ3n) is 2.87. The Morgan fingerprint density at radius 1 is 1.15 bits per heavy atom. The number of amides is 1. The summed E-state index contributed by atoms with van der Waals surface area (Å²) in [5.41, 5.74) is 2.81. The van der Waals surface area contributed by atoms with Crippen molar-refractivity contribution >= 4 is 27.5 Å². The predicted molar refractivity (Wildman–Crippen MR) is 85.9 cm³/mol. The lowest BCUT2D eigenvalue weighted by atomic mass is 10.1. The van der Waals surface area contributed by atoms with E-state index < -0.39 is 0 Å². The van der Waals surface area contributed by atoms with Crippen LogP contribution < -0.4 is 10.6 Å². The van der Waals surface area contributed by atoms with Gasteiger partial charge in [-0.1, -0.05) is 34.1 Å². The van der Waals surface area contributed by atoms with Crippen molar-refractivity contribution in [2.75, 3.05) is 11.9 Å². The fourth-order valence-corrected chi connectivity index (χ4v) is 2.10. The third-order valence-corrected chi connectivity index (χ3v) is 3.40. The lowest BCUT2D eigenvalue weighted by Crippen LogP contribution is -2.22. The Labute approximate surface area is 127 Å². The van der Waals surface area contributed by atoms with E-state index in [4.69, 9.17) is 0 Å². The molecule has 0 atom stereocenters. The summed E-state index contributed by atoms with van der Waals surface area (Å²) in [5, 5.41) is 6.12. The summed E-state index contributed by atoms with van der Waals surface area (Å²) < 4.78 is 1.07. The molecule has 0 saturated heterocycles. The topological polar surface area (TPSA) is 41.1 Å². The largest absolute Gasteiger partial charge is 0.381 e. The maximum absolute atomic E-state index is 11.8. The maximum Gasteiger partial charge on any atom is 0.251 e. The SMILES string of the molecule is CCNC(=O)c1cccc(NCc2ccc(Br)cc2)c1. The maximum atomic E-state index is 11.8. The predicted octanol–water partition coefficient (Wildman–Crippen LogP) is 3.81. The van der Waals surface area contributed by atoms with Gasteiger partial charge in [0.05, 0.1) is 0 Å². The van der Waals surface area contributed by atoms with Crippen LogP contribution in [0.3, 0.4) is 0 Å². The normalized spacial score (nSPS) is 10.1. The molecule has 0 saturated carbocycles. The molecule has 2 N–H and O–H groups in total. The Morgan fingerprint density at radius 2 is 1.90 bits per heavy atom. The van der Waals surface area contributed by atoms with Crippen LogP contribution in [-0.2, 0) is 6.54 Å². The van der Waals surface area contributed by atoms with E-state index in [0.29, 0.717) is 12.1 Å². The summed E-state index contributed by atoms with van der Waals surface area (Å²) >= 11 is 3.42. The molecule has 1 amide bonds. The first-order valence-electron chi connectivity index (χ1n) is 6.55. The quantitative estimate of drug-likeness (QED) is 0.874. The molecule has 0 aliphatic heterocycles. The van der Waals surface area contributed by atoms with Gasteiger partial charge in [-0.05, 0) is 42.8 Å². The minimum atomic E-state index is -0.0419. The van der Waals surface area contributed by atoms with Crippen molar-refractivity contribution in [1.29, 1.82) is 0 Å². The smallest absolute Gasteiger partial charge is 0.251 e. The zero-order valence-corrected chi connectivity index (χ0v) is 12.9. The number of anilines is 1. The van der Waals surface area contributed by atoms with Crippen LogP contribution in [0, 0.1) is 0 Å². The van der Waals surface area contributed by atoms with Gasteiger partial charge in [0, 0.05) is 28.8 Å². The zero-order chi connectivity index (χ0) is 14.4. The lowest BCUT2D eigenvalue weighted by Gasteiger charge is -2.08. The number of carbonyl (C=O) groups is 1. The van der Waals surface area contributed by atoms with Crippen LogP contribution in [0.5, 0.6) is 0 Å². The number of hydrogen-bond acceptors (Lipinski definition) is 2. The Hall–Kier alpha value is -1.81. The van der Waals surface area contributed by atoms with Gasteiger partial charge in [0.2, 0.25) is 0 Å². The molecule has 0 unspecified atom stereocenters. The molecule has 3 nitrogen and oxygen atoms in total. The summed E-state index contributed by atoms with van der Waals surface area (Å²) in [6, 6.07) is 15.7. The first-order valence-corrected chi connectivity index (χ1v) is 7.35. The van der Waals surface area contributed by atoms with Gasteiger partial charge in [0.1, 0.15) is 0 Å². The van der Waals surface area contributed by atoms with Crippen molar-refractivity contribution in [2.45, 2.75) is 13.5 Å². The van der Waals surface area contributed by atoms with Crippen LogP contribution in [0.4, 0.5) is 5.69 Å². The molecular weight excluding hydrogens is 316 g/mol. The van der Waals surface area contributed by atoms with Gasteiger partial charge in [-0.15, -0.1) is 0 Å². The second-order valence-corrected chi connectivity index (χ2v) is 5.34. The number of nitrogens with one attached hydrogen (secondary N) is 2.